The van der Waals surface area contributed by atoms with Crippen molar-refractivity contribution in [2.75, 3.05) is 51.8 Å². The summed E-state index contributed by atoms with van der Waals surface area (Å²) >= 11 is 0.939. The van der Waals surface area contributed by atoms with E-state index in [2.05, 4.69) is 10.2 Å². The van der Waals surface area contributed by atoms with Crippen molar-refractivity contribution in [1.29, 1.82) is 0 Å². The van der Waals surface area contributed by atoms with Gasteiger partial charge in [0.1, 0.15) is 0 Å². The number of carbonyl (C=O) groups is 4. The first-order valence-corrected chi connectivity index (χ1v) is 10.6. The number of ether oxygens (including phenoxy) is 2. The summed E-state index contributed by atoms with van der Waals surface area (Å²) in [6.07, 6.45) is 0. The number of nitrogens with zero attached hydrogens (tertiary/aromatic N) is 3. The molecule has 2 fully saturated rings. The van der Waals surface area contributed by atoms with Crippen LogP contribution in [0.5, 0.6) is 11.5 Å². The van der Waals surface area contributed by atoms with Crippen LogP contribution in [-0.4, -0.2) is 89.5 Å². The van der Waals surface area contributed by atoms with E-state index in [0.29, 0.717) is 26.2 Å². The number of imide groups is 1. The highest BCUT2D eigenvalue weighted by Crippen LogP contribution is 2.32. The van der Waals surface area contributed by atoms with Gasteiger partial charge in [-0.15, -0.1) is 0 Å². The summed E-state index contributed by atoms with van der Waals surface area (Å²) in [5.74, 6) is 0.0371. The van der Waals surface area contributed by atoms with Gasteiger partial charge in [-0.2, -0.15) is 0 Å². The molecule has 0 aliphatic carbocycles. The molecule has 0 unspecified atom stereocenters. The van der Waals surface area contributed by atoms with Crippen LogP contribution in [0.1, 0.15) is 5.56 Å². The molecule has 3 aliphatic rings. The molecule has 4 rings (SSSR count). The molecular formula is C19H22N4O6S. The molecule has 0 radical (unpaired) electrons. The second-order valence-corrected chi connectivity index (χ2v) is 8.04. The van der Waals surface area contributed by atoms with Gasteiger partial charge in [0.25, 0.3) is 5.24 Å². The maximum absolute atomic E-state index is 12.4. The maximum Gasteiger partial charge on any atom is 0.311 e. The van der Waals surface area contributed by atoms with E-state index < -0.39 is 11.8 Å². The van der Waals surface area contributed by atoms with Crippen molar-refractivity contribution in [3.63, 3.8) is 0 Å². The number of rotatable bonds is 5. The van der Waals surface area contributed by atoms with Crippen LogP contribution >= 0.6 is 11.8 Å². The Morgan fingerprint density at radius 2 is 1.83 bits per heavy atom. The zero-order valence-electron chi connectivity index (χ0n) is 16.3. The molecular weight excluding hydrogens is 412 g/mol. The summed E-state index contributed by atoms with van der Waals surface area (Å²) in [4.78, 5) is 52.4. The molecule has 1 aromatic rings. The lowest BCUT2D eigenvalue weighted by Gasteiger charge is -2.34. The largest absolute Gasteiger partial charge is 0.454 e. The minimum Gasteiger partial charge on any atom is -0.454 e. The van der Waals surface area contributed by atoms with Gasteiger partial charge in [0.05, 0.1) is 5.75 Å². The highest BCUT2D eigenvalue weighted by Gasteiger charge is 2.30. The number of amides is 4. The van der Waals surface area contributed by atoms with Gasteiger partial charge in [0.15, 0.2) is 11.5 Å². The lowest BCUT2D eigenvalue weighted by Crippen LogP contribution is -2.52. The second kappa shape index (κ2) is 8.92. The van der Waals surface area contributed by atoms with Crippen LogP contribution < -0.4 is 14.8 Å². The molecule has 2 saturated heterocycles. The summed E-state index contributed by atoms with van der Waals surface area (Å²) < 4.78 is 10.7. The lowest BCUT2D eigenvalue weighted by molar-refractivity contribution is -0.147. The van der Waals surface area contributed by atoms with Gasteiger partial charge in [-0.05, 0) is 17.7 Å². The van der Waals surface area contributed by atoms with Gasteiger partial charge in [-0.3, -0.25) is 29.0 Å². The van der Waals surface area contributed by atoms with E-state index in [1.54, 1.807) is 0 Å². The molecule has 1 N–H and O–H groups in total. The highest BCUT2D eigenvalue weighted by molar-refractivity contribution is 8.14. The van der Waals surface area contributed by atoms with Crippen molar-refractivity contribution < 1.29 is 28.7 Å². The number of hydrogen-bond donors (Lipinski definition) is 1. The van der Waals surface area contributed by atoms with Crippen LogP contribution in [0.2, 0.25) is 0 Å². The smallest absolute Gasteiger partial charge is 0.311 e. The summed E-state index contributed by atoms with van der Waals surface area (Å²) in [5.41, 5.74) is 1.10. The number of hydrogen-bond acceptors (Lipinski definition) is 8. The van der Waals surface area contributed by atoms with E-state index in [4.69, 9.17) is 9.47 Å². The second-order valence-electron chi connectivity index (χ2n) is 7.11. The van der Waals surface area contributed by atoms with Crippen LogP contribution in [-0.2, 0) is 20.9 Å². The van der Waals surface area contributed by atoms with E-state index in [9.17, 15) is 19.2 Å². The van der Waals surface area contributed by atoms with Crippen molar-refractivity contribution in [2.24, 2.45) is 0 Å². The Morgan fingerprint density at radius 3 is 2.57 bits per heavy atom. The molecule has 1 aromatic carbocycles. The van der Waals surface area contributed by atoms with E-state index in [-0.39, 0.29) is 36.8 Å². The minimum atomic E-state index is -0.717. The van der Waals surface area contributed by atoms with Gasteiger partial charge in [0.2, 0.25) is 12.7 Å². The number of thioether (sulfide) groups is 1. The summed E-state index contributed by atoms with van der Waals surface area (Å²) in [6.45, 7) is 3.32. The molecule has 0 saturated carbocycles. The zero-order valence-corrected chi connectivity index (χ0v) is 17.1. The van der Waals surface area contributed by atoms with Crippen molar-refractivity contribution in [1.82, 2.24) is 20.0 Å². The first-order valence-electron chi connectivity index (χ1n) is 9.66. The average Bonchev–Trinajstić information content (AvgIpc) is 3.34. The normalized spacial score (nSPS) is 18.8. The minimum absolute atomic E-state index is 0.0622. The highest BCUT2D eigenvalue weighted by atomic mass is 32.2. The summed E-state index contributed by atoms with van der Waals surface area (Å²) in [5, 5.41) is 2.18. The number of piperazine rings is 1. The maximum atomic E-state index is 12.4. The third-order valence-electron chi connectivity index (χ3n) is 5.16. The molecule has 3 aliphatic heterocycles. The van der Waals surface area contributed by atoms with Crippen LogP contribution in [0.25, 0.3) is 0 Å². The number of benzene rings is 1. The lowest BCUT2D eigenvalue weighted by atomic mass is 10.1. The monoisotopic (exact) mass is 434 g/mol. The Morgan fingerprint density at radius 1 is 1.07 bits per heavy atom. The standard InChI is InChI=1S/C19H22N4O6S/c24-16-11-30-19(27)23(16)4-3-20-17(25)18(26)22-7-5-21(6-8-22)10-13-1-2-14-15(9-13)29-12-28-14/h1-2,9H,3-8,10-12H2,(H,20,25). The Labute approximate surface area is 177 Å². The summed E-state index contributed by atoms with van der Waals surface area (Å²) in [6, 6.07) is 5.85. The fraction of sp³-hybridized carbons (Fsp3) is 0.474. The topological polar surface area (TPSA) is 108 Å². The van der Waals surface area contributed by atoms with Crippen molar-refractivity contribution in [2.45, 2.75) is 6.54 Å². The molecule has 0 aromatic heterocycles. The Bertz CT molecular complexity index is 855. The summed E-state index contributed by atoms with van der Waals surface area (Å²) in [7, 11) is 0. The molecule has 30 heavy (non-hydrogen) atoms. The van der Waals surface area contributed by atoms with E-state index in [0.717, 1.165) is 40.3 Å². The number of carbonyl (C=O) groups excluding carboxylic acids is 4. The van der Waals surface area contributed by atoms with E-state index in [1.165, 1.54) is 4.90 Å². The third-order valence-corrected chi connectivity index (χ3v) is 6.02. The van der Waals surface area contributed by atoms with Crippen molar-refractivity contribution in [3.05, 3.63) is 23.8 Å². The molecule has 3 heterocycles. The van der Waals surface area contributed by atoms with Crippen molar-refractivity contribution in [3.8, 4) is 11.5 Å². The molecule has 0 atom stereocenters. The number of fused-ring (bicyclic) bond motifs is 1. The predicted octanol–water partition coefficient (Wildman–Crippen LogP) is -0.129. The molecule has 0 bridgehead atoms. The molecule has 11 heteroatoms. The third kappa shape index (κ3) is 4.51. The quantitative estimate of drug-likeness (QED) is 0.639. The van der Waals surface area contributed by atoms with Gasteiger partial charge in [-0.1, -0.05) is 17.8 Å². The van der Waals surface area contributed by atoms with Gasteiger partial charge >= 0.3 is 11.8 Å². The molecule has 10 nitrogen and oxygen atoms in total. The first-order chi connectivity index (χ1) is 14.5. The zero-order chi connectivity index (χ0) is 21.1. The van der Waals surface area contributed by atoms with Crippen LogP contribution in [0.15, 0.2) is 18.2 Å². The molecule has 160 valence electrons. The van der Waals surface area contributed by atoms with Gasteiger partial charge in [0, 0.05) is 45.8 Å². The van der Waals surface area contributed by atoms with Crippen molar-refractivity contribution >= 4 is 34.7 Å². The van der Waals surface area contributed by atoms with Gasteiger partial charge in [-0.25, -0.2) is 0 Å². The van der Waals surface area contributed by atoms with Gasteiger partial charge < -0.3 is 19.7 Å². The first kappa shape index (κ1) is 20.5. The number of nitrogens with one attached hydrogen (secondary N) is 1. The van der Waals surface area contributed by atoms with E-state index in [1.807, 2.05) is 18.2 Å². The van der Waals surface area contributed by atoms with E-state index >= 15 is 0 Å². The average molecular weight is 434 g/mol. The van der Waals surface area contributed by atoms with Crippen LogP contribution in [0.3, 0.4) is 0 Å². The fourth-order valence-electron chi connectivity index (χ4n) is 3.50. The Hall–Kier alpha value is -2.79. The Kier molecular flexibility index (Phi) is 6.09. The molecule has 0 spiro atoms. The van der Waals surface area contributed by atoms with Crippen LogP contribution in [0, 0.1) is 0 Å². The fourth-order valence-corrected chi connectivity index (χ4v) is 4.26. The predicted molar refractivity (Wildman–Crippen MR) is 107 cm³/mol. The Balaban J connectivity index is 1.19. The SMILES string of the molecule is O=C(NCCN1C(=O)CSC1=O)C(=O)N1CCN(Cc2ccc3c(c2)OCO3)CC1. The van der Waals surface area contributed by atoms with Crippen LogP contribution in [0.4, 0.5) is 4.79 Å². The molecule has 4 amide bonds.